The van der Waals surface area contributed by atoms with Gasteiger partial charge in [0.1, 0.15) is 6.10 Å². The van der Waals surface area contributed by atoms with Gasteiger partial charge in [0.05, 0.1) is 0 Å². The Morgan fingerprint density at radius 2 is 2.10 bits per heavy atom. The van der Waals surface area contributed by atoms with Crippen molar-refractivity contribution in [1.29, 1.82) is 0 Å². The number of piperidine rings is 1. The molecular formula is C17H22N2O2. The largest absolute Gasteiger partial charge is 0.384 e. The second kappa shape index (κ2) is 5.02. The molecule has 1 atom stereocenters. The second-order valence-electron chi connectivity index (χ2n) is 6.51. The highest BCUT2D eigenvalue weighted by atomic mass is 16.5. The first-order valence-corrected chi connectivity index (χ1v) is 8.02. The molecule has 2 fully saturated rings. The summed E-state index contributed by atoms with van der Waals surface area (Å²) in [5.74, 6) is 0.210. The van der Waals surface area contributed by atoms with Crippen LogP contribution in [0, 0.1) is 0 Å². The summed E-state index contributed by atoms with van der Waals surface area (Å²) >= 11 is 0. The van der Waals surface area contributed by atoms with Gasteiger partial charge in [-0.3, -0.25) is 4.79 Å². The number of carbonyl (C=O) groups excluding carboxylic acids is 1. The molecular weight excluding hydrogens is 264 g/mol. The van der Waals surface area contributed by atoms with Crippen LogP contribution in [0.3, 0.4) is 0 Å². The lowest BCUT2D eigenvalue weighted by atomic mass is 9.74. The molecule has 1 aromatic rings. The number of benzene rings is 1. The van der Waals surface area contributed by atoms with Gasteiger partial charge in [0.15, 0.2) is 0 Å². The molecule has 4 nitrogen and oxygen atoms in total. The van der Waals surface area contributed by atoms with E-state index in [1.165, 1.54) is 11.3 Å². The number of amides is 1. The van der Waals surface area contributed by atoms with Gasteiger partial charge in [0.2, 0.25) is 0 Å². The predicted octanol–water partition coefficient (Wildman–Crippen LogP) is 2.15. The fraction of sp³-hybridized carbons (Fsp3) is 0.588. The van der Waals surface area contributed by atoms with E-state index in [1.807, 2.05) is 4.90 Å². The topological polar surface area (TPSA) is 41.6 Å². The van der Waals surface area contributed by atoms with Gasteiger partial charge in [-0.1, -0.05) is 18.2 Å². The van der Waals surface area contributed by atoms with Crippen molar-refractivity contribution in [3.05, 3.63) is 29.8 Å². The first-order chi connectivity index (χ1) is 10.3. The molecule has 0 saturated carbocycles. The average molecular weight is 286 g/mol. The van der Waals surface area contributed by atoms with E-state index >= 15 is 0 Å². The molecule has 1 spiro atoms. The Bertz CT molecular complexity index is 543. The zero-order valence-corrected chi connectivity index (χ0v) is 12.3. The number of likely N-dealkylation sites (tertiary alicyclic amines) is 1. The van der Waals surface area contributed by atoms with Crippen LogP contribution in [0.15, 0.2) is 24.3 Å². The van der Waals surface area contributed by atoms with Crippen LogP contribution < -0.4 is 5.32 Å². The Morgan fingerprint density at radius 3 is 2.86 bits per heavy atom. The summed E-state index contributed by atoms with van der Waals surface area (Å²) < 4.78 is 5.54. The predicted molar refractivity (Wildman–Crippen MR) is 81.4 cm³/mol. The third-order valence-corrected chi connectivity index (χ3v) is 5.35. The molecule has 1 aromatic carbocycles. The maximum atomic E-state index is 12.4. The van der Waals surface area contributed by atoms with Crippen LogP contribution in [0.5, 0.6) is 0 Å². The highest BCUT2D eigenvalue weighted by Gasteiger charge is 2.42. The van der Waals surface area contributed by atoms with Crippen LogP contribution in [-0.2, 0) is 14.9 Å². The quantitative estimate of drug-likeness (QED) is 0.860. The highest BCUT2D eigenvalue weighted by molar-refractivity contribution is 5.81. The van der Waals surface area contributed by atoms with Gasteiger partial charge in [-0.05, 0) is 37.3 Å². The molecule has 0 aliphatic carbocycles. The minimum atomic E-state index is -0.173. The fourth-order valence-corrected chi connectivity index (χ4v) is 4.04. The average Bonchev–Trinajstić information content (AvgIpc) is 3.17. The van der Waals surface area contributed by atoms with Gasteiger partial charge in [0, 0.05) is 37.3 Å². The lowest BCUT2D eigenvalue weighted by molar-refractivity contribution is -0.142. The minimum Gasteiger partial charge on any atom is -0.384 e. The number of hydrogen-bond acceptors (Lipinski definition) is 3. The Kier molecular flexibility index (Phi) is 3.14. The number of hydrogen-bond donors (Lipinski definition) is 1. The molecule has 1 unspecified atom stereocenters. The van der Waals surface area contributed by atoms with Crippen molar-refractivity contribution in [2.75, 3.05) is 31.6 Å². The van der Waals surface area contributed by atoms with Crippen LogP contribution in [0.25, 0.3) is 0 Å². The van der Waals surface area contributed by atoms with Crippen LogP contribution in [0.2, 0.25) is 0 Å². The Morgan fingerprint density at radius 1 is 1.29 bits per heavy atom. The summed E-state index contributed by atoms with van der Waals surface area (Å²) in [6, 6.07) is 8.61. The lowest BCUT2D eigenvalue weighted by Crippen LogP contribution is -2.49. The lowest BCUT2D eigenvalue weighted by Gasteiger charge is -2.40. The molecule has 1 amide bonds. The number of ether oxygens (including phenoxy) is 1. The van der Waals surface area contributed by atoms with Crippen molar-refractivity contribution in [3.63, 3.8) is 0 Å². The van der Waals surface area contributed by atoms with Crippen molar-refractivity contribution in [3.8, 4) is 0 Å². The molecule has 0 bridgehead atoms. The standard InChI is InChI=1S/C17H22N2O2/c20-16(15-6-3-11-21-15)19-9-7-17(8-10-19)12-18-14-5-2-1-4-13(14)17/h1-2,4-5,15,18H,3,6-12H2. The maximum absolute atomic E-state index is 12.4. The highest BCUT2D eigenvalue weighted by Crippen LogP contribution is 2.43. The van der Waals surface area contributed by atoms with Crippen molar-refractivity contribution >= 4 is 11.6 Å². The van der Waals surface area contributed by atoms with E-state index in [4.69, 9.17) is 4.74 Å². The van der Waals surface area contributed by atoms with Crippen LogP contribution in [-0.4, -0.2) is 43.2 Å². The summed E-state index contributed by atoms with van der Waals surface area (Å²) in [5.41, 5.74) is 2.94. The molecule has 21 heavy (non-hydrogen) atoms. The van der Waals surface area contributed by atoms with Crippen molar-refractivity contribution in [2.24, 2.45) is 0 Å². The summed E-state index contributed by atoms with van der Waals surface area (Å²) in [5, 5.41) is 3.53. The molecule has 2 saturated heterocycles. The number of anilines is 1. The van der Waals surface area contributed by atoms with Crippen LogP contribution in [0.4, 0.5) is 5.69 Å². The monoisotopic (exact) mass is 286 g/mol. The Labute approximate surface area is 125 Å². The molecule has 4 rings (SSSR count). The van der Waals surface area contributed by atoms with Gasteiger partial charge < -0.3 is 15.0 Å². The molecule has 112 valence electrons. The molecule has 3 aliphatic rings. The van der Waals surface area contributed by atoms with E-state index < -0.39 is 0 Å². The number of rotatable bonds is 1. The Balaban J connectivity index is 1.46. The molecule has 3 aliphatic heterocycles. The fourth-order valence-electron chi connectivity index (χ4n) is 4.04. The van der Waals surface area contributed by atoms with Crippen molar-refractivity contribution in [1.82, 2.24) is 4.90 Å². The van der Waals surface area contributed by atoms with Gasteiger partial charge in [-0.25, -0.2) is 0 Å². The summed E-state index contributed by atoms with van der Waals surface area (Å²) in [7, 11) is 0. The number of nitrogens with one attached hydrogen (secondary N) is 1. The number of fused-ring (bicyclic) bond motifs is 2. The van der Waals surface area contributed by atoms with Crippen molar-refractivity contribution < 1.29 is 9.53 Å². The van der Waals surface area contributed by atoms with E-state index in [0.29, 0.717) is 0 Å². The molecule has 4 heteroatoms. The number of para-hydroxylation sites is 1. The van der Waals surface area contributed by atoms with Crippen LogP contribution >= 0.6 is 0 Å². The zero-order valence-electron chi connectivity index (χ0n) is 12.3. The van der Waals surface area contributed by atoms with Gasteiger partial charge in [-0.2, -0.15) is 0 Å². The van der Waals surface area contributed by atoms with E-state index in [1.54, 1.807) is 0 Å². The van der Waals surface area contributed by atoms with E-state index in [2.05, 4.69) is 29.6 Å². The first-order valence-electron chi connectivity index (χ1n) is 8.02. The van der Waals surface area contributed by atoms with E-state index in [9.17, 15) is 4.79 Å². The Hall–Kier alpha value is -1.55. The third-order valence-electron chi connectivity index (χ3n) is 5.35. The van der Waals surface area contributed by atoms with E-state index in [0.717, 1.165) is 51.9 Å². The zero-order chi connectivity index (χ0) is 14.3. The first kappa shape index (κ1) is 13.1. The molecule has 1 N–H and O–H groups in total. The smallest absolute Gasteiger partial charge is 0.251 e. The second-order valence-corrected chi connectivity index (χ2v) is 6.51. The SMILES string of the molecule is O=C(C1CCCO1)N1CCC2(CC1)CNc1ccccc12. The molecule has 0 radical (unpaired) electrons. The summed E-state index contributed by atoms with van der Waals surface area (Å²) in [6.07, 6.45) is 3.84. The minimum absolute atomic E-state index is 0.173. The number of carbonyl (C=O) groups is 1. The van der Waals surface area contributed by atoms with Crippen molar-refractivity contribution in [2.45, 2.75) is 37.2 Å². The summed E-state index contributed by atoms with van der Waals surface area (Å²) in [6.45, 7) is 3.46. The molecule has 0 aromatic heterocycles. The maximum Gasteiger partial charge on any atom is 0.251 e. The van der Waals surface area contributed by atoms with Crippen LogP contribution in [0.1, 0.15) is 31.2 Å². The van der Waals surface area contributed by atoms with E-state index in [-0.39, 0.29) is 17.4 Å². The van der Waals surface area contributed by atoms with Gasteiger partial charge in [0.25, 0.3) is 5.91 Å². The van der Waals surface area contributed by atoms with Gasteiger partial charge in [-0.15, -0.1) is 0 Å². The normalized spacial score (nSPS) is 26.7. The van der Waals surface area contributed by atoms with Gasteiger partial charge >= 0.3 is 0 Å². The third kappa shape index (κ3) is 2.13. The number of nitrogens with zero attached hydrogens (tertiary/aromatic N) is 1. The summed E-state index contributed by atoms with van der Waals surface area (Å²) in [4.78, 5) is 14.5. The molecule has 3 heterocycles.